The number of carbonyl (C=O) groups excluding carboxylic acids is 1. The zero-order valence-electron chi connectivity index (χ0n) is 26.8. The summed E-state index contributed by atoms with van der Waals surface area (Å²) >= 11 is 0. The molecule has 0 aliphatic heterocycles. The number of amides is 2. The van der Waals surface area contributed by atoms with E-state index in [0.29, 0.717) is 25.0 Å². The quantitative estimate of drug-likeness (QED) is 0.139. The third-order valence-electron chi connectivity index (χ3n) is 8.21. The van der Waals surface area contributed by atoms with E-state index in [1.165, 1.54) is 0 Å². The molecule has 1 unspecified atom stereocenters. The normalized spacial score (nSPS) is 15.4. The zero-order valence-corrected chi connectivity index (χ0v) is 26.8. The molecule has 2 amide bonds. The molecule has 3 aromatic rings. The van der Waals surface area contributed by atoms with E-state index < -0.39 is 0 Å². The number of anilines is 1. The first-order valence-electron chi connectivity index (χ1n) is 15.9. The van der Waals surface area contributed by atoms with Crippen molar-refractivity contribution in [3.63, 3.8) is 0 Å². The van der Waals surface area contributed by atoms with Crippen LogP contribution in [0.4, 0.5) is 10.5 Å². The molecule has 0 heterocycles. The maximum Gasteiger partial charge on any atom is 0.319 e. The van der Waals surface area contributed by atoms with Crippen molar-refractivity contribution >= 4 is 11.7 Å². The number of nitrogens with one attached hydrogen (secondary N) is 4. The Labute approximate surface area is 258 Å². The number of para-hydroxylation sites is 1. The second kappa shape index (κ2) is 15.3. The Morgan fingerprint density at radius 2 is 1.23 bits per heavy atom. The van der Waals surface area contributed by atoms with Crippen molar-refractivity contribution < 1.29 is 14.3 Å². The van der Waals surface area contributed by atoms with Crippen LogP contribution in [0.25, 0.3) is 0 Å². The molecule has 1 fully saturated rings. The first kappa shape index (κ1) is 32.4. The number of ether oxygens (including phenoxy) is 2. The molecule has 7 nitrogen and oxygen atoms in total. The van der Waals surface area contributed by atoms with Gasteiger partial charge >= 0.3 is 6.03 Å². The molecular weight excluding hydrogens is 536 g/mol. The van der Waals surface area contributed by atoms with E-state index in [1.54, 1.807) is 0 Å². The van der Waals surface area contributed by atoms with Gasteiger partial charge in [0.2, 0.25) is 0 Å². The summed E-state index contributed by atoms with van der Waals surface area (Å²) in [5.41, 5.74) is 5.21. The molecule has 232 valence electrons. The van der Waals surface area contributed by atoms with Crippen LogP contribution in [0, 0.1) is 0 Å². The molecule has 0 spiro atoms. The largest absolute Gasteiger partial charge is 0.492 e. The molecule has 4 N–H and O–H groups in total. The number of likely N-dealkylation sites (N-methyl/N-ethyl adjacent to an activating group) is 2. The molecule has 0 bridgehead atoms. The molecule has 1 aliphatic carbocycles. The molecule has 0 radical (unpaired) electrons. The Bertz CT molecular complexity index is 1220. The van der Waals surface area contributed by atoms with E-state index in [4.69, 9.17) is 9.47 Å². The van der Waals surface area contributed by atoms with Crippen LogP contribution in [0.15, 0.2) is 66.7 Å². The molecule has 0 saturated heterocycles. The molecule has 1 saturated carbocycles. The zero-order chi connectivity index (χ0) is 30.8. The minimum atomic E-state index is -0.333. The van der Waals surface area contributed by atoms with Gasteiger partial charge in [0.25, 0.3) is 0 Å². The smallest absolute Gasteiger partial charge is 0.319 e. The highest BCUT2D eigenvalue weighted by atomic mass is 16.5. The Morgan fingerprint density at radius 3 is 1.65 bits per heavy atom. The highest BCUT2D eigenvalue weighted by Gasteiger charge is 2.57. The Hall–Kier alpha value is -3.55. The lowest BCUT2D eigenvalue weighted by Gasteiger charge is -2.22. The molecule has 7 heteroatoms. The maximum atomic E-state index is 13.5. The summed E-state index contributed by atoms with van der Waals surface area (Å²) in [4.78, 5) is 13.5. The van der Waals surface area contributed by atoms with E-state index in [0.717, 1.165) is 72.0 Å². The molecular formula is C36H50N4O3. The van der Waals surface area contributed by atoms with Gasteiger partial charge in [-0.05, 0) is 77.9 Å². The van der Waals surface area contributed by atoms with Crippen LogP contribution in [0.5, 0.6) is 11.5 Å². The molecule has 1 aliphatic rings. The van der Waals surface area contributed by atoms with Gasteiger partial charge in [-0.2, -0.15) is 0 Å². The highest BCUT2D eigenvalue weighted by Crippen LogP contribution is 2.54. The van der Waals surface area contributed by atoms with Gasteiger partial charge in [0.1, 0.15) is 24.7 Å². The van der Waals surface area contributed by atoms with E-state index in [2.05, 4.69) is 105 Å². The Morgan fingerprint density at radius 1 is 0.767 bits per heavy atom. The monoisotopic (exact) mass is 586 g/mol. The van der Waals surface area contributed by atoms with Crippen molar-refractivity contribution in [2.45, 2.75) is 71.3 Å². The lowest BCUT2D eigenvalue weighted by molar-refractivity contribution is 0.251. The van der Waals surface area contributed by atoms with Crippen LogP contribution in [-0.2, 0) is 5.41 Å². The van der Waals surface area contributed by atoms with Crippen LogP contribution in [-0.4, -0.2) is 51.5 Å². The average molecular weight is 587 g/mol. The lowest BCUT2D eigenvalue weighted by atomic mass is 9.87. The van der Waals surface area contributed by atoms with Crippen LogP contribution >= 0.6 is 0 Å². The fourth-order valence-corrected chi connectivity index (χ4v) is 5.78. The summed E-state index contributed by atoms with van der Waals surface area (Å²) in [7, 11) is 0. The average Bonchev–Trinajstić information content (AvgIpc) is 3.72. The van der Waals surface area contributed by atoms with Crippen molar-refractivity contribution in [2.24, 2.45) is 0 Å². The Kier molecular flexibility index (Phi) is 11.5. The van der Waals surface area contributed by atoms with Crippen molar-refractivity contribution in [1.29, 1.82) is 0 Å². The second-order valence-corrected chi connectivity index (χ2v) is 11.9. The first-order valence-corrected chi connectivity index (χ1v) is 15.9. The van der Waals surface area contributed by atoms with Gasteiger partial charge in [0.05, 0.1) is 0 Å². The van der Waals surface area contributed by atoms with Gasteiger partial charge in [-0.25, -0.2) is 4.79 Å². The van der Waals surface area contributed by atoms with Crippen molar-refractivity contribution in [2.75, 3.05) is 44.7 Å². The molecule has 43 heavy (non-hydrogen) atoms. The fourth-order valence-electron chi connectivity index (χ4n) is 5.78. The van der Waals surface area contributed by atoms with Gasteiger partial charge < -0.3 is 30.7 Å². The third-order valence-corrected chi connectivity index (χ3v) is 8.21. The van der Waals surface area contributed by atoms with Crippen molar-refractivity contribution in [1.82, 2.24) is 16.0 Å². The predicted octanol–water partition coefficient (Wildman–Crippen LogP) is 6.79. The molecule has 4 rings (SSSR count). The lowest BCUT2D eigenvalue weighted by Crippen LogP contribution is -2.35. The highest BCUT2D eigenvalue weighted by molar-refractivity contribution is 5.92. The van der Waals surface area contributed by atoms with E-state index in [-0.39, 0.29) is 17.5 Å². The minimum absolute atomic E-state index is 0.0535. The summed E-state index contributed by atoms with van der Waals surface area (Å²) in [5, 5.41) is 13.1. The molecule has 1 atom stereocenters. The fraction of sp³-hybridized carbons (Fsp3) is 0.472. The van der Waals surface area contributed by atoms with E-state index in [1.807, 2.05) is 24.3 Å². The predicted molar refractivity (Wildman–Crippen MR) is 177 cm³/mol. The summed E-state index contributed by atoms with van der Waals surface area (Å²) in [5.74, 6) is 2.28. The standard InChI is InChI=1S/C36H50N4O3/c1-7-37-20-22-42-29-16-12-27(13-17-29)36(28-14-18-30(19-15-28)43-23-21-38-8-2)24-33(36)39-35(41)40-34-31(25(3)4)10-9-11-32(34)26(5)6/h9-19,25-26,33,37-38H,7-8,20-24H2,1-6H3,(H2,39,40,41). The van der Waals surface area contributed by atoms with Crippen molar-refractivity contribution in [3.8, 4) is 11.5 Å². The van der Waals surface area contributed by atoms with Crippen molar-refractivity contribution in [3.05, 3.63) is 89.0 Å². The first-order chi connectivity index (χ1) is 20.8. The van der Waals surface area contributed by atoms with Crippen LogP contribution in [0.1, 0.15) is 82.1 Å². The maximum absolute atomic E-state index is 13.5. The van der Waals surface area contributed by atoms with Crippen LogP contribution in [0.3, 0.4) is 0 Å². The SMILES string of the molecule is CCNCCOc1ccc(C2(c3ccc(OCCNCC)cc3)CC2NC(=O)Nc2c(C(C)C)cccc2C(C)C)cc1. The van der Waals surface area contributed by atoms with Gasteiger partial charge in [-0.1, -0.05) is 84.0 Å². The Balaban J connectivity index is 1.55. The van der Waals surface area contributed by atoms with Gasteiger partial charge in [-0.15, -0.1) is 0 Å². The minimum Gasteiger partial charge on any atom is -0.492 e. The second-order valence-electron chi connectivity index (χ2n) is 11.9. The van der Waals surface area contributed by atoms with Gasteiger partial charge in [-0.3, -0.25) is 0 Å². The number of hydrogen-bond donors (Lipinski definition) is 4. The summed E-state index contributed by atoms with van der Waals surface area (Å²) in [6, 6.07) is 22.7. The number of urea groups is 1. The number of hydrogen-bond acceptors (Lipinski definition) is 5. The third kappa shape index (κ3) is 8.09. The molecule has 3 aromatic carbocycles. The van der Waals surface area contributed by atoms with Crippen LogP contribution in [0.2, 0.25) is 0 Å². The van der Waals surface area contributed by atoms with Gasteiger partial charge in [0, 0.05) is 30.2 Å². The number of benzene rings is 3. The summed E-state index contributed by atoms with van der Waals surface area (Å²) in [6.45, 7) is 17.5. The summed E-state index contributed by atoms with van der Waals surface area (Å²) < 4.78 is 11.9. The van der Waals surface area contributed by atoms with E-state index in [9.17, 15) is 4.79 Å². The summed E-state index contributed by atoms with van der Waals surface area (Å²) in [6.07, 6.45) is 0.810. The van der Waals surface area contributed by atoms with Crippen LogP contribution < -0.4 is 30.7 Å². The molecule has 0 aromatic heterocycles. The topological polar surface area (TPSA) is 83.7 Å². The number of carbonyl (C=O) groups is 1. The van der Waals surface area contributed by atoms with Gasteiger partial charge in [0.15, 0.2) is 0 Å². The number of rotatable bonds is 16. The van der Waals surface area contributed by atoms with E-state index >= 15 is 0 Å².